The zero-order valence-electron chi connectivity index (χ0n) is 11.6. The van der Waals surface area contributed by atoms with Crippen LogP contribution in [0.1, 0.15) is 46.0 Å². The predicted molar refractivity (Wildman–Crippen MR) is 71.3 cm³/mol. The van der Waals surface area contributed by atoms with E-state index in [0.717, 1.165) is 25.7 Å². The Morgan fingerprint density at radius 3 is 2.68 bits per heavy atom. The molecule has 4 nitrogen and oxygen atoms in total. The van der Waals surface area contributed by atoms with Crippen molar-refractivity contribution in [1.82, 2.24) is 0 Å². The van der Waals surface area contributed by atoms with E-state index in [9.17, 15) is 9.59 Å². The summed E-state index contributed by atoms with van der Waals surface area (Å²) in [5.41, 5.74) is 0. The third-order valence-corrected chi connectivity index (χ3v) is 3.55. The number of esters is 1. The van der Waals surface area contributed by atoms with Crippen LogP contribution in [-0.4, -0.2) is 23.1 Å². The van der Waals surface area contributed by atoms with Crippen molar-refractivity contribution in [2.75, 3.05) is 0 Å². The average Bonchev–Trinajstić information content (AvgIpc) is 3.04. The second-order valence-corrected chi connectivity index (χ2v) is 5.51. The summed E-state index contributed by atoms with van der Waals surface area (Å²) >= 11 is 0. The zero-order chi connectivity index (χ0) is 14.4. The summed E-state index contributed by atoms with van der Waals surface area (Å²) in [6.07, 6.45) is 8.69. The van der Waals surface area contributed by atoms with Crippen molar-refractivity contribution in [2.24, 2.45) is 17.8 Å². The molecule has 1 rings (SSSR count). The maximum Gasteiger partial charge on any atom is 0.307 e. The van der Waals surface area contributed by atoms with Gasteiger partial charge in [-0.3, -0.25) is 9.59 Å². The lowest BCUT2D eigenvalue weighted by Gasteiger charge is -2.15. The molecule has 19 heavy (non-hydrogen) atoms. The highest BCUT2D eigenvalue weighted by atomic mass is 16.5. The van der Waals surface area contributed by atoms with Crippen molar-refractivity contribution in [3.05, 3.63) is 0 Å². The standard InChI is InChI=1S/C15H22O4/c1-4-5-6-7-11-8-13(11)19-14(16)9-12(10(2)3)15(17)18/h1,10-13H,5-9H2,2-3H3,(H,17,18)/t11-,12+,13-/m1/s1. The van der Waals surface area contributed by atoms with Crippen LogP contribution in [0.25, 0.3) is 0 Å². The number of ether oxygens (including phenoxy) is 1. The first-order chi connectivity index (χ1) is 8.95. The molecule has 1 fully saturated rings. The van der Waals surface area contributed by atoms with E-state index in [1.807, 2.05) is 0 Å². The number of terminal acetylenes is 1. The molecule has 0 spiro atoms. The minimum atomic E-state index is -0.937. The van der Waals surface area contributed by atoms with Crippen molar-refractivity contribution in [2.45, 2.75) is 52.1 Å². The topological polar surface area (TPSA) is 63.6 Å². The highest BCUT2D eigenvalue weighted by molar-refractivity contribution is 5.79. The Balaban J connectivity index is 2.26. The van der Waals surface area contributed by atoms with Gasteiger partial charge in [-0.1, -0.05) is 13.8 Å². The molecule has 0 aromatic heterocycles. The maximum atomic E-state index is 11.7. The smallest absolute Gasteiger partial charge is 0.307 e. The fourth-order valence-electron chi connectivity index (χ4n) is 2.14. The molecule has 0 aliphatic heterocycles. The second kappa shape index (κ2) is 7.18. The molecule has 0 amide bonds. The van der Waals surface area contributed by atoms with Crippen LogP contribution in [-0.2, 0) is 14.3 Å². The van der Waals surface area contributed by atoms with Gasteiger partial charge in [-0.25, -0.2) is 0 Å². The summed E-state index contributed by atoms with van der Waals surface area (Å²) in [6.45, 7) is 3.59. The van der Waals surface area contributed by atoms with Crippen LogP contribution < -0.4 is 0 Å². The average molecular weight is 266 g/mol. The number of carbonyl (C=O) groups excluding carboxylic acids is 1. The monoisotopic (exact) mass is 266 g/mol. The fourth-order valence-corrected chi connectivity index (χ4v) is 2.14. The normalized spacial score (nSPS) is 22.6. The Morgan fingerprint density at radius 1 is 1.47 bits per heavy atom. The molecule has 3 atom stereocenters. The third kappa shape index (κ3) is 5.34. The summed E-state index contributed by atoms with van der Waals surface area (Å²) in [7, 11) is 0. The molecule has 0 heterocycles. The number of rotatable bonds is 8. The molecule has 0 unspecified atom stereocenters. The fraction of sp³-hybridized carbons (Fsp3) is 0.733. The summed E-state index contributed by atoms with van der Waals surface area (Å²) < 4.78 is 5.28. The molecule has 0 aromatic rings. The lowest BCUT2D eigenvalue weighted by atomic mass is 9.93. The quantitative estimate of drug-likeness (QED) is 0.416. The van der Waals surface area contributed by atoms with Crippen LogP contribution >= 0.6 is 0 Å². The van der Waals surface area contributed by atoms with Gasteiger partial charge >= 0.3 is 11.9 Å². The molecular formula is C15H22O4. The molecule has 1 saturated carbocycles. The van der Waals surface area contributed by atoms with E-state index < -0.39 is 17.9 Å². The van der Waals surface area contributed by atoms with E-state index in [2.05, 4.69) is 5.92 Å². The molecular weight excluding hydrogens is 244 g/mol. The lowest BCUT2D eigenvalue weighted by molar-refractivity contribution is -0.154. The van der Waals surface area contributed by atoms with Crippen molar-refractivity contribution in [3.8, 4) is 12.3 Å². The molecule has 0 saturated heterocycles. The predicted octanol–water partition coefficient (Wildman–Crippen LogP) is 2.47. The van der Waals surface area contributed by atoms with Gasteiger partial charge in [0.25, 0.3) is 0 Å². The summed E-state index contributed by atoms with van der Waals surface area (Å²) in [6, 6.07) is 0. The Hall–Kier alpha value is -1.50. The van der Waals surface area contributed by atoms with Gasteiger partial charge in [0.05, 0.1) is 12.3 Å². The number of aliphatic carboxylic acids is 1. The first-order valence-corrected chi connectivity index (χ1v) is 6.81. The minimum Gasteiger partial charge on any atom is -0.481 e. The first kappa shape index (κ1) is 15.6. The summed E-state index contributed by atoms with van der Waals surface area (Å²) in [5, 5.41) is 9.01. The number of carboxylic acids is 1. The Morgan fingerprint density at radius 2 is 2.16 bits per heavy atom. The van der Waals surface area contributed by atoms with Crippen LogP contribution in [0.4, 0.5) is 0 Å². The maximum absolute atomic E-state index is 11.7. The van der Waals surface area contributed by atoms with Crippen molar-refractivity contribution < 1.29 is 19.4 Å². The molecule has 1 aliphatic rings. The summed E-state index contributed by atoms with van der Waals surface area (Å²) in [5.74, 6) is 0.932. The number of carbonyl (C=O) groups is 2. The van der Waals surface area contributed by atoms with E-state index in [0.29, 0.717) is 5.92 Å². The number of unbranched alkanes of at least 4 members (excludes halogenated alkanes) is 1. The van der Waals surface area contributed by atoms with Crippen LogP contribution in [0.15, 0.2) is 0 Å². The van der Waals surface area contributed by atoms with Gasteiger partial charge in [-0.05, 0) is 31.1 Å². The van der Waals surface area contributed by atoms with E-state index in [1.54, 1.807) is 13.8 Å². The zero-order valence-corrected chi connectivity index (χ0v) is 11.6. The summed E-state index contributed by atoms with van der Waals surface area (Å²) in [4.78, 5) is 22.7. The highest BCUT2D eigenvalue weighted by Gasteiger charge is 2.40. The SMILES string of the molecule is C#CCCC[C@@H]1C[C@H]1OC(=O)C[C@H](C(=O)O)C(C)C. The van der Waals surface area contributed by atoms with Gasteiger partial charge < -0.3 is 9.84 Å². The molecule has 0 radical (unpaired) electrons. The van der Waals surface area contributed by atoms with Crippen LogP contribution in [0.5, 0.6) is 0 Å². The molecule has 0 aromatic carbocycles. The van der Waals surface area contributed by atoms with Gasteiger partial charge in [-0.2, -0.15) is 0 Å². The Labute approximate surface area is 114 Å². The van der Waals surface area contributed by atoms with Gasteiger partial charge in [0.1, 0.15) is 6.10 Å². The van der Waals surface area contributed by atoms with E-state index in [-0.39, 0.29) is 18.4 Å². The van der Waals surface area contributed by atoms with E-state index in [4.69, 9.17) is 16.3 Å². The van der Waals surface area contributed by atoms with Crippen LogP contribution in [0.2, 0.25) is 0 Å². The van der Waals surface area contributed by atoms with Gasteiger partial charge in [0, 0.05) is 6.42 Å². The van der Waals surface area contributed by atoms with Crippen LogP contribution in [0, 0.1) is 30.1 Å². The van der Waals surface area contributed by atoms with Crippen molar-refractivity contribution in [3.63, 3.8) is 0 Å². The molecule has 1 aliphatic carbocycles. The van der Waals surface area contributed by atoms with Crippen LogP contribution in [0.3, 0.4) is 0 Å². The molecule has 0 bridgehead atoms. The van der Waals surface area contributed by atoms with E-state index >= 15 is 0 Å². The second-order valence-electron chi connectivity index (χ2n) is 5.51. The number of carboxylic acid groups (broad SMARTS) is 1. The molecule has 1 N–H and O–H groups in total. The van der Waals surface area contributed by atoms with Crippen molar-refractivity contribution in [1.29, 1.82) is 0 Å². The highest BCUT2D eigenvalue weighted by Crippen LogP contribution is 2.38. The van der Waals surface area contributed by atoms with Gasteiger partial charge in [-0.15, -0.1) is 12.3 Å². The molecule has 106 valence electrons. The molecule has 4 heteroatoms. The largest absolute Gasteiger partial charge is 0.481 e. The Bertz CT molecular complexity index is 367. The number of hydrogen-bond acceptors (Lipinski definition) is 3. The van der Waals surface area contributed by atoms with Crippen molar-refractivity contribution >= 4 is 11.9 Å². The minimum absolute atomic E-state index is 0.0214. The first-order valence-electron chi connectivity index (χ1n) is 6.81. The number of hydrogen-bond donors (Lipinski definition) is 1. The third-order valence-electron chi connectivity index (χ3n) is 3.55. The van der Waals surface area contributed by atoms with Gasteiger partial charge in [0.2, 0.25) is 0 Å². The lowest BCUT2D eigenvalue weighted by Crippen LogP contribution is -2.24. The van der Waals surface area contributed by atoms with E-state index in [1.165, 1.54) is 0 Å². The Kier molecular flexibility index (Phi) is 5.88. The van der Waals surface area contributed by atoms with Gasteiger partial charge in [0.15, 0.2) is 0 Å².